The number of fused-ring (bicyclic) bond motifs is 1. The summed E-state index contributed by atoms with van der Waals surface area (Å²) in [5, 5.41) is 4.27. The van der Waals surface area contributed by atoms with Crippen molar-refractivity contribution in [2.75, 3.05) is 5.32 Å². The first kappa shape index (κ1) is 16.6. The first-order valence-corrected chi connectivity index (χ1v) is 7.21. The number of rotatable bonds is 4. The van der Waals surface area contributed by atoms with Crippen LogP contribution in [-0.2, 0) is 0 Å². The molecular weight excluding hydrogens is 286 g/mol. The van der Waals surface area contributed by atoms with Crippen LogP contribution in [0.5, 0.6) is 0 Å². The van der Waals surface area contributed by atoms with Gasteiger partial charge in [0.25, 0.3) is 0 Å². The largest absolute Gasteiger partial charge is 0.363 e. The van der Waals surface area contributed by atoms with E-state index in [9.17, 15) is 4.79 Å². The second kappa shape index (κ2) is 7.01. The molecule has 3 aromatic rings. The number of para-hydroxylation sites is 1. The number of hydrogen-bond acceptors (Lipinski definition) is 4. The van der Waals surface area contributed by atoms with Crippen LogP contribution in [0.4, 0.5) is 5.82 Å². The number of benzene rings is 2. The van der Waals surface area contributed by atoms with Crippen LogP contribution in [0.3, 0.4) is 0 Å². The summed E-state index contributed by atoms with van der Waals surface area (Å²) in [6.07, 6.45) is 2.31. The van der Waals surface area contributed by atoms with Crippen molar-refractivity contribution in [1.29, 1.82) is 0 Å². The molecule has 0 aliphatic heterocycles. The third-order valence-corrected chi connectivity index (χ3v) is 3.72. The van der Waals surface area contributed by atoms with Crippen LogP contribution in [0.25, 0.3) is 10.9 Å². The predicted molar refractivity (Wildman–Crippen MR) is 94.9 cm³/mol. The molecule has 0 saturated carbocycles. The molecular formula is C19H21N3O. The second-order valence-corrected chi connectivity index (χ2v) is 5.36. The Kier molecular flexibility index (Phi) is 5.06. The molecule has 1 atom stereocenters. The molecule has 0 spiro atoms. The van der Waals surface area contributed by atoms with Crippen molar-refractivity contribution in [3.05, 3.63) is 65.5 Å². The number of carbonyl (C=O) groups excluding carboxylic acids is 1. The van der Waals surface area contributed by atoms with E-state index in [2.05, 4.69) is 47.3 Å². The fraction of sp³-hybridized carbons (Fsp3) is 0.211. The molecule has 0 radical (unpaired) electrons. The normalized spacial score (nSPS) is 11.6. The van der Waals surface area contributed by atoms with Crippen LogP contribution in [0.15, 0.2) is 48.8 Å². The Morgan fingerprint density at radius 2 is 1.91 bits per heavy atom. The first-order valence-electron chi connectivity index (χ1n) is 7.21. The number of aromatic nitrogens is 2. The van der Waals surface area contributed by atoms with Crippen LogP contribution >= 0.6 is 0 Å². The fourth-order valence-corrected chi connectivity index (χ4v) is 2.55. The summed E-state index contributed by atoms with van der Waals surface area (Å²) < 4.78 is 0. The zero-order valence-corrected chi connectivity index (χ0v) is 12.6. The van der Waals surface area contributed by atoms with Crippen molar-refractivity contribution in [2.24, 2.45) is 0 Å². The van der Waals surface area contributed by atoms with Gasteiger partial charge in [-0.2, -0.15) is 0 Å². The second-order valence-electron chi connectivity index (χ2n) is 5.36. The molecule has 0 saturated heterocycles. The van der Waals surface area contributed by atoms with Gasteiger partial charge in [-0.05, 0) is 31.5 Å². The number of aldehydes is 1. The minimum Gasteiger partial charge on any atom is -0.363 e. The molecule has 1 unspecified atom stereocenters. The molecule has 0 amide bonds. The van der Waals surface area contributed by atoms with Gasteiger partial charge in [0.05, 0.1) is 5.52 Å². The molecule has 0 bridgehead atoms. The Hall–Kier alpha value is -2.75. The van der Waals surface area contributed by atoms with Gasteiger partial charge in [0, 0.05) is 17.0 Å². The number of nitrogens with zero attached hydrogens (tertiary/aromatic N) is 2. The highest BCUT2D eigenvalue weighted by molar-refractivity contribution is 5.99. The van der Waals surface area contributed by atoms with E-state index < -0.39 is 0 Å². The summed E-state index contributed by atoms with van der Waals surface area (Å²) in [5.41, 5.74) is 3.66. The van der Waals surface area contributed by atoms with Crippen molar-refractivity contribution in [1.82, 2.24) is 9.97 Å². The molecule has 1 N–H and O–H groups in total. The fourth-order valence-electron chi connectivity index (χ4n) is 2.55. The first-order chi connectivity index (χ1) is 10.7. The molecule has 118 valence electrons. The van der Waals surface area contributed by atoms with Crippen molar-refractivity contribution < 1.29 is 4.79 Å². The maximum atomic E-state index is 11.1. The lowest BCUT2D eigenvalue weighted by Gasteiger charge is -2.17. The van der Waals surface area contributed by atoms with E-state index in [4.69, 9.17) is 0 Å². The van der Waals surface area contributed by atoms with E-state index in [1.807, 2.05) is 18.2 Å². The third-order valence-electron chi connectivity index (χ3n) is 3.72. The molecule has 0 aliphatic rings. The Labute approximate surface area is 136 Å². The van der Waals surface area contributed by atoms with Gasteiger partial charge in [-0.15, -0.1) is 0 Å². The summed E-state index contributed by atoms with van der Waals surface area (Å²) in [7, 11) is 0. The highest BCUT2D eigenvalue weighted by Crippen LogP contribution is 2.25. The van der Waals surface area contributed by atoms with Crippen molar-refractivity contribution in [3.63, 3.8) is 0 Å². The van der Waals surface area contributed by atoms with E-state index in [-0.39, 0.29) is 13.5 Å². The zero-order chi connectivity index (χ0) is 15.5. The van der Waals surface area contributed by atoms with Gasteiger partial charge in [-0.1, -0.05) is 43.3 Å². The Balaban J connectivity index is 0.00000192. The summed E-state index contributed by atoms with van der Waals surface area (Å²) in [6.45, 7) is 4.17. The minimum atomic E-state index is 0. The smallest absolute Gasteiger partial charge is 0.152 e. The van der Waals surface area contributed by atoms with Crippen molar-refractivity contribution in [3.8, 4) is 0 Å². The van der Waals surface area contributed by atoms with E-state index in [0.717, 1.165) is 17.5 Å². The predicted octanol–water partition coefficient (Wildman–Crippen LogP) is 4.56. The van der Waals surface area contributed by atoms with Gasteiger partial charge in [0.1, 0.15) is 12.1 Å². The van der Waals surface area contributed by atoms with Gasteiger partial charge in [0.2, 0.25) is 0 Å². The average Bonchev–Trinajstić information content (AvgIpc) is 2.54. The highest BCUT2D eigenvalue weighted by atomic mass is 16.1. The maximum absolute atomic E-state index is 11.1. The topological polar surface area (TPSA) is 54.9 Å². The van der Waals surface area contributed by atoms with Gasteiger partial charge in [-0.25, -0.2) is 9.97 Å². The molecule has 4 nitrogen and oxygen atoms in total. The van der Waals surface area contributed by atoms with Crippen molar-refractivity contribution >= 4 is 23.0 Å². The maximum Gasteiger partial charge on any atom is 0.152 e. The molecule has 0 fully saturated rings. The monoisotopic (exact) mass is 307 g/mol. The average molecular weight is 307 g/mol. The van der Waals surface area contributed by atoms with E-state index >= 15 is 0 Å². The van der Waals surface area contributed by atoms with E-state index in [1.165, 1.54) is 17.5 Å². The quantitative estimate of drug-likeness (QED) is 0.718. The summed E-state index contributed by atoms with van der Waals surface area (Å²) in [5.74, 6) is 0.739. The molecule has 1 heterocycles. The Morgan fingerprint density at radius 3 is 2.65 bits per heavy atom. The lowest BCUT2D eigenvalue weighted by Crippen LogP contribution is -2.09. The molecule has 3 rings (SSSR count). The standard InChI is InChI=1S/C18H17N3O.CH4/c1-12-5-3-6-14(9-12)13(2)21-18-16-8-4-7-15(10-22)17(16)19-11-20-18;/h3-11,13H,1-2H3,(H,19,20,21);1H4. The van der Waals surface area contributed by atoms with Crippen LogP contribution in [-0.4, -0.2) is 16.3 Å². The van der Waals surface area contributed by atoms with Crippen LogP contribution in [0, 0.1) is 6.92 Å². The summed E-state index contributed by atoms with van der Waals surface area (Å²) in [4.78, 5) is 19.7. The Bertz CT molecular complexity index is 830. The zero-order valence-electron chi connectivity index (χ0n) is 12.6. The molecule has 4 heteroatoms. The number of anilines is 1. The van der Waals surface area contributed by atoms with E-state index in [0.29, 0.717) is 11.1 Å². The van der Waals surface area contributed by atoms with Gasteiger partial charge >= 0.3 is 0 Å². The molecule has 1 aromatic heterocycles. The number of aryl methyl sites for hydroxylation is 1. The molecule has 23 heavy (non-hydrogen) atoms. The SMILES string of the molecule is C.Cc1cccc(C(C)Nc2ncnc3c(C=O)cccc23)c1. The highest BCUT2D eigenvalue weighted by Gasteiger charge is 2.11. The van der Waals surface area contributed by atoms with E-state index in [1.54, 1.807) is 6.07 Å². The number of hydrogen-bond donors (Lipinski definition) is 1. The van der Waals surface area contributed by atoms with Gasteiger partial charge in [-0.3, -0.25) is 4.79 Å². The van der Waals surface area contributed by atoms with Crippen molar-refractivity contribution in [2.45, 2.75) is 27.3 Å². The summed E-state index contributed by atoms with van der Waals surface area (Å²) >= 11 is 0. The third kappa shape index (κ3) is 3.37. The van der Waals surface area contributed by atoms with Crippen LogP contribution < -0.4 is 5.32 Å². The molecule has 2 aromatic carbocycles. The molecule has 0 aliphatic carbocycles. The summed E-state index contributed by atoms with van der Waals surface area (Å²) in [6, 6.07) is 14.0. The lowest BCUT2D eigenvalue weighted by atomic mass is 10.1. The van der Waals surface area contributed by atoms with Gasteiger partial charge < -0.3 is 5.32 Å². The van der Waals surface area contributed by atoms with Crippen LogP contribution in [0.1, 0.15) is 41.9 Å². The Morgan fingerprint density at radius 1 is 1.13 bits per heavy atom. The van der Waals surface area contributed by atoms with Gasteiger partial charge in [0.15, 0.2) is 6.29 Å². The number of nitrogens with one attached hydrogen (secondary N) is 1. The number of carbonyl (C=O) groups is 1. The lowest BCUT2D eigenvalue weighted by molar-refractivity contribution is 0.112. The van der Waals surface area contributed by atoms with Crippen LogP contribution in [0.2, 0.25) is 0 Å². The minimum absolute atomic E-state index is 0.